The molecule has 0 atom stereocenters. The van der Waals surface area contributed by atoms with Crippen molar-refractivity contribution in [1.82, 2.24) is 15.3 Å². The van der Waals surface area contributed by atoms with Crippen molar-refractivity contribution in [3.05, 3.63) is 59.4 Å². The molecule has 5 heteroatoms. The number of allylic oxidation sites excluding steroid dienone is 1. The Morgan fingerprint density at radius 1 is 1.15 bits per heavy atom. The first-order valence-electron chi connectivity index (χ1n) is 9.39. The van der Waals surface area contributed by atoms with E-state index in [0.717, 1.165) is 24.9 Å². The lowest BCUT2D eigenvalue weighted by Gasteiger charge is -2.13. The molecule has 1 aliphatic rings. The Morgan fingerprint density at radius 2 is 2.00 bits per heavy atom. The lowest BCUT2D eigenvalue weighted by atomic mass is 9.97. The zero-order chi connectivity index (χ0) is 18.2. The fourth-order valence-electron chi connectivity index (χ4n) is 3.06. The van der Waals surface area contributed by atoms with Crippen LogP contribution in [0.1, 0.15) is 55.1 Å². The first kappa shape index (κ1) is 18.1. The average Bonchev–Trinajstić information content (AvgIpc) is 2.69. The van der Waals surface area contributed by atoms with Crippen LogP contribution in [-0.4, -0.2) is 22.4 Å². The predicted molar refractivity (Wildman–Crippen MR) is 105 cm³/mol. The van der Waals surface area contributed by atoms with E-state index in [1.54, 1.807) is 12.3 Å². The summed E-state index contributed by atoms with van der Waals surface area (Å²) in [6.45, 7) is 2.77. The van der Waals surface area contributed by atoms with E-state index in [0.29, 0.717) is 18.2 Å². The Labute approximate surface area is 155 Å². The van der Waals surface area contributed by atoms with Crippen molar-refractivity contribution in [1.29, 1.82) is 0 Å². The highest BCUT2D eigenvalue weighted by atomic mass is 16.1. The van der Waals surface area contributed by atoms with Crippen molar-refractivity contribution >= 4 is 17.5 Å². The molecule has 1 heterocycles. The van der Waals surface area contributed by atoms with Gasteiger partial charge >= 0.3 is 0 Å². The first-order valence-corrected chi connectivity index (χ1v) is 9.39. The van der Waals surface area contributed by atoms with Gasteiger partial charge in [-0.15, -0.1) is 0 Å². The van der Waals surface area contributed by atoms with Crippen molar-refractivity contribution < 1.29 is 4.79 Å². The Bertz CT molecular complexity index is 768. The maximum absolute atomic E-state index is 12.3. The summed E-state index contributed by atoms with van der Waals surface area (Å²) in [4.78, 5) is 20.9. The second-order valence-corrected chi connectivity index (χ2v) is 6.56. The van der Waals surface area contributed by atoms with Gasteiger partial charge < -0.3 is 10.6 Å². The van der Waals surface area contributed by atoms with Crippen molar-refractivity contribution in [2.45, 2.75) is 45.4 Å². The quantitative estimate of drug-likeness (QED) is 0.726. The summed E-state index contributed by atoms with van der Waals surface area (Å²) in [5.74, 6) is 0.269. The van der Waals surface area contributed by atoms with E-state index in [1.165, 1.54) is 30.4 Å². The molecule has 0 spiro atoms. The number of anilines is 2. The van der Waals surface area contributed by atoms with Crippen LogP contribution in [0.25, 0.3) is 0 Å². The molecular weight excluding hydrogens is 324 g/mol. The molecule has 26 heavy (non-hydrogen) atoms. The number of hydrogen-bond acceptors (Lipinski definition) is 4. The van der Waals surface area contributed by atoms with Gasteiger partial charge in [0.25, 0.3) is 5.91 Å². The summed E-state index contributed by atoms with van der Waals surface area (Å²) >= 11 is 0. The zero-order valence-electron chi connectivity index (χ0n) is 15.3. The first-order chi connectivity index (χ1) is 12.7. The molecule has 0 bridgehead atoms. The van der Waals surface area contributed by atoms with Crippen molar-refractivity contribution in [2.24, 2.45) is 0 Å². The van der Waals surface area contributed by atoms with Gasteiger partial charge in [0.05, 0.1) is 0 Å². The molecule has 1 amide bonds. The van der Waals surface area contributed by atoms with Gasteiger partial charge in [0, 0.05) is 18.4 Å². The third kappa shape index (κ3) is 5.15. The van der Waals surface area contributed by atoms with Gasteiger partial charge in [-0.05, 0) is 62.3 Å². The fraction of sp³-hybridized carbons (Fsp3) is 0.381. The molecule has 0 saturated heterocycles. The summed E-state index contributed by atoms with van der Waals surface area (Å²) < 4.78 is 0. The number of carbonyl (C=O) groups is 1. The standard InChI is InChI=1S/C21H26N4O/c1-2-16-8-10-18(11-9-16)24-21-23-15-13-19(25-21)20(26)22-14-12-17-6-4-3-5-7-17/h6,8-11,13,15H,2-5,7,12,14H2,1H3,(H,22,26)(H,23,24,25). The second-order valence-electron chi connectivity index (χ2n) is 6.56. The largest absolute Gasteiger partial charge is 0.350 e. The third-order valence-corrected chi connectivity index (χ3v) is 4.62. The van der Waals surface area contributed by atoms with Crippen LogP contribution >= 0.6 is 0 Å². The summed E-state index contributed by atoms with van der Waals surface area (Å²) in [5.41, 5.74) is 4.02. The van der Waals surface area contributed by atoms with Gasteiger partial charge in [-0.1, -0.05) is 30.7 Å². The number of nitrogens with zero attached hydrogens (tertiary/aromatic N) is 2. The maximum atomic E-state index is 12.3. The number of rotatable bonds is 7. The predicted octanol–water partition coefficient (Wildman–Crippen LogP) is 4.40. The average molecular weight is 350 g/mol. The second kappa shape index (κ2) is 9.13. The Hall–Kier alpha value is -2.69. The monoisotopic (exact) mass is 350 g/mol. The van der Waals surface area contributed by atoms with E-state index in [-0.39, 0.29) is 5.91 Å². The molecule has 1 aromatic heterocycles. The Balaban J connectivity index is 1.55. The minimum atomic E-state index is -0.159. The van der Waals surface area contributed by atoms with Gasteiger partial charge in [0.15, 0.2) is 0 Å². The number of aromatic nitrogens is 2. The molecule has 0 aliphatic heterocycles. The Morgan fingerprint density at radius 3 is 2.73 bits per heavy atom. The molecular formula is C21H26N4O. The zero-order valence-corrected chi connectivity index (χ0v) is 15.3. The van der Waals surface area contributed by atoms with E-state index in [4.69, 9.17) is 0 Å². The summed E-state index contributed by atoms with van der Waals surface area (Å²) in [6, 6.07) is 9.76. The normalized spacial score (nSPS) is 13.8. The number of nitrogens with one attached hydrogen (secondary N) is 2. The van der Waals surface area contributed by atoms with E-state index >= 15 is 0 Å². The van der Waals surface area contributed by atoms with Crippen molar-refractivity contribution in [3.8, 4) is 0 Å². The van der Waals surface area contributed by atoms with Crippen LogP contribution in [0.3, 0.4) is 0 Å². The molecule has 5 nitrogen and oxygen atoms in total. The molecule has 2 N–H and O–H groups in total. The molecule has 0 unspecified atom stereocenters. The highest BCUT2D eigenvalue weighted by Gasteiger charge is 2.10. The molecule has 136 valence electrons. The van der Waals surface area contributed by atoms with Gasteiger partial charge in [-0.3, -0.25) is 4.79 Å². The van der Waals surface area contributed by atoms with E-state index < -0.39 is 0 Å². The van der Waals surface area contributed by atoms with E-state index in [2.05, 4.69) is 45.7 Å². The Kier molecular flexibility index (Phi) is 6.36. The van der Waals surface area contributed by atoms with Crippen LogP contribution in [0.15, 0.2) is 48.2 Å². The minimum absolute atomic E-state index is 0.159. The number of hydrogen-bond donors (Lipinski definition) is 2. The van der Waals surface area contributed by atoms with Crippen LogP contribution < -0.4 is 10.6 Å². The number of amides is 1. The van der Waals surface area contributed by atoms with Gasteiger partial charge in [0.1, 0.15) is 5.69 Å². The van der Waals surface area contributed by atoms with Gasteiger partial charge in [0.2, 0.25) is 5.95 Å². The summed E-state index contributed by atoms with van der Waals surface area (Å²) in [7, 11) is 0. The van der Waals surface area contributed by atoms with Crippen LogP contribution in [0.2, 0.25) is 0 Å². The highest BCUT2D eigenvalue weighted by molar-refractivity contribution is 5.92. The maximum Gasteiger partial charge on any atom is 0.270 e. The number of benzene rings is 1. The molecule has 3 rings (SSSR count). The van der Waals surface area contributed by atoms with Crippen LogP contribution in [0.5, 0.6) is 0 Å². The lowest BCUT2D eigenvalue weighted by molar-refractivity contribution is 0.0949. The minimum Gasteiger partial charge on any atom is -0.350 e. The fourth-order valence-corrected chi connectivity index (χ4v) is 3.06. The smallest absolute Gasteiger partial charge is 0.270 e. The molecule has 0 saturated carbocycles. The van der Waals surface area contributed by atoms with Crippen LogP contribution in [0, 0.1) is 0 Å². The third-order valence-electron chi connectivity index (χ3n) is 4.62. The summed E-state index contributed by atoms with van der Waals surface area (Å²) in [5, 5.41) is 6.10. The molecule has 0 radical (unpaired) electrons. The highest BCUT2D eigenvalue weighted by Crippen LogP contribution is 2.19. The molecule has 1 aromatic carbocycles. The molecule has 1 aliphatic carbocycles. The van der Waals surface area contributed by atoms with Crippen LogP contribution in [0.4, 0.5) is 11.6 Å². The molecule has 0 fully saturated rings. The van der Waals surface area contributed by atoms with Crippen LogP contribution in [-0.2, 0) is 6.42 Å². The lowest BCUT2D eigenvalue weighted by Crippen LogP contribution is -2.26. The van der Waals surface area contributed by atoms with E-state index in [1.807, 2.05) is 12.1 Å². The van der Waals surface area contributed by atoms with Crippen molar-refractivity contribution in [3.63, 3.8) is 0 Å². The number of carbonyl (C=O) groups excluding carboxylic acids is 1. The van der Waals surface area contributed by atoms with Gasteiger partial charge in [-0.25, -0.2) is 9.97 Å². The summed E-state index contributed by atoms with van der Waals surface area (Å²) in [6.07, 6.45) is 10.7. The SMILES string of the molecule is CCc1ccc(Nc2nccc(C(=O)NCCC3=CCCCC3)n2)cc1. The van der Waals surface area contributed by atoms with E-state index in [9.17, 15) is 4.79 Å². The topological polar surface area (TPSA) is 66.9 Å². The van der Waals surface area contributed by atoms with Crippen molar-refractivity contribution in [2.75, 3.05) is 11.9 Å². The molecule has 2 aromatic rings. The van der Waals surface area contributed by atoms with Gasteiger partial charge in [-0.2, -0.15) is 0 Å². The number of aryl methyl sites for hydroxylation is 1.